The van der Waals surface area contributed by atoms with Crippen LogP contribution in [0.2, 0.25) is 0 Å². The summed E-state index contributed by atoms with van der Waals surface area (Å²) in [4.78, 5) is 31.4. The van der Waals surface area contributed by atoms with Crippen LogP contribution in [0.4, 0.5) is 0 Å². The Bertz CT molecular complexity index is 487. The van der Waals surface area contributed by atoms with Crippen molar-refractivity contribution in [3.8, 4) is 0 Å². The SMILES string of the molecule is O=C1CN(C(=O)c2ccncc2)CCN1CC1CO1. The molecule has 2 fully saturated rings. The highest BCUT2D eigenvalue weighted by molar-refractivity contribution is 5.96. The van der Waals surface area contributed by atoms with E-state index in [-0.39, 0.29) is 24.5 Å². The van der Waals surface area contributed by atoms with Gasteiger partial charge in [-0.15, -0.1) is 0 Å². The minimum atomic E-state index is -0.113. The van der Waals surface area contributed by atoms with Crippen molar-refractivity contribution in [1.29, 1.82) is 0 Å². The summed E-state index contributed by atoms with van der Waals surface area (Å²) in [5.41, 5.74) is 0.571. The van der Waals surface area contributed by atoms with E-state index in [4.69, 9.17) is 4.74 Å². The van der Waals surface area contributed by atoms with Gasteiger partial charge in [0.15, 0.2) is 0 Å². The molecule has 1 unspecified atom stereocenters. The lowest BCUT2D eigenvalue weighted by molar-refractivity contribution is -0.135. The number of carbonyl (C=O) groups is 2. The first-order valence-corrected chi connectivity index (χ1v) is 6.33. The minimum Gasteiger partial charge on any atom is -0.371 e. The molecular formula is C13H15N3O3. The van der Waals surface area contributed by atoms with Crippen LogP contribution >= 0.6 is 0 Å². The zero-order valence-electron chi connectivity index (χ0n) is 10.5. The molecule has 0 bridgehead atoms. The Hall–Kier alpha value is -1.95. The Morgan fingerprint density at radius 2 is 2.11 bits per heavy atom. The quantitative estimate of drug-likeness (QED) is 0.705. The second kappa shape index (κ2) is 4.97. The minimum absolute atomic E-state index is 0.0100. The Morgan fingerprint density at radius 3 is 2.74 bits per heavy atom. The number of aromatic nitrogens is 1. The van der Waals surface area contributed by atoms with Crippen molar-refractivity contribution in [1.82, 2.24) is 14.8 Å². The largest absolute Gasteiger partial charge is 0.371 e. The van der Waals surface area contributed by atoms with Gasteiger partial charge < -0.3 is 14.5 Å². The maximum atomic E-state index is 12.2. The van der Waals surface area contributed by atoms with E-state index < -0.39 is 0 Å². The van der Waals surface area contributed by atoms with E-state index in [2.05, 4.69) is 4.98 Å². The number of hydrogen-bond acceptors (Lipinski definition) is 4. The van der Waals surface area contributed by atoms with Gasteiger partial charge in [-0.3, -0.25) is 14.6 Å². The lowest BCUT2D eigenvalue weighted by Gasteiger charge is -2.34. The van der Waals surface area contributed by atoms with Crippen molar-refractivity contribution < 1.29 is 14.3 Å². The number of pyridine rings is 1. The maximum Gasteiger partial charge on any atom is 0.254 e. The van der Waals surface area contributed by atoms with Crippen molar-refractivity contribution in [3.05, 3.63) is 30.1 Å². The van der Waals surface area contributed by atoms with E-state index in [0.717, 1.165) is 6.61 Å². The van der Waals surface area contributed by atoms with Crippen LogP contribution in [-0.4, -0.2) is 65.5 Å². The van der Waals surface area contributed by atoms with E-state index in [0.29, 0.717) is 25.2 Å². The standard InChI is InChI=1S/C13H15N3O3/c17-12-8-16(6-5-15(12)7-11-9-19-11)13(18)10-1-3-14-4-2-10/h1-4,11H,5-9H2. The Kier molecular flexibility index (Phi) is 3.16. The van der Waals surface area contributed by atoms with E-state index in [9.17, 15) is 9.59 Å². The Balaban J connectivity index is 1.61. The zero-order valence-corrected chi connectivity index (χ0v) is 10.5. The molecule has 6 nitrogen and oxygen atoms in total. The highest BCUT2D eigenvalue weighted by Gasteiger charge is 2.32. The second-order valence-corrected chi connectivity index (χ2v) is 4.76. The fourth-order valence-electron chi connectivity index (χ4n) is 2.17. The van der Waals surface area contributed by atoms with Gasteiger partial charge in [0.05, 0.1) is 12.7 Å². The van der Waals surface area contributed by atoms with Gasteiger partial charge in [-0.25, -0.2) is 0 Å². The van der Waals surface area contributed by atoms with Crippen LogP contribution in [0.15, 0.2) is 24.5 Å². The van der Waals surface area contributed by atoms with Crippen molar-refractivity contribution in [3.63, 3.8) is 0 Å². The van der Waals surface area contributed by atoms with Crippen molar-refractivity contribution in [2.45, 2.75) is 6.10 Å². The summed E-state index contributed by atoms with van der Waals surface area (Å²) in [6.45, 7) is 2.68. The molecule has 2 aliphatic heterocycles. The lowest BCUT2D eigenvalue weighted by atomic mass is 10.2. The van der Waals surface area contributed by atoms with Crippen molar-refractivity contribution in [2.24, 2.45) is 0 Å². The van der Waals surface area contributed by atoms with E-state index >= 15 is 0 Å². The second-order valence-electron chi connectivity index (χ2n) is 4.76. The average Bonchev–Trinajstić information content (AvgIpc) is 3.25. The smallest absolute Gasteiger partial charge is 0.254 e. The van der Waals surface area contributed by atoms with Gasteiger partial charge in [0.25, 0.3) is 5.91 Å². The summed E-state index contributed by atoms with van der Waals surface area (Å²) in [5.74, 6) is -0.123. The third-order valence-electron chi connectivity index (χ3n) is 3.36. The molecule has 0 spiro atoms. The number of nitrogens with zero attached hydrogens (tertiary/aromatic N) is 3. The first-order chi connectivity index (χ1) is 9.24. The molecule has 2 aliphatic rings. The molecule has 6 heteroatoms. The fourth-order valence-corrected chi connectivity index (χ4v) is 2.17. The molecule has 100 valence electrons. The highest BCUT2D eigenvalue weighted by atomic mass is 16.6. The Labute approximate surface area is 111 Å². The van der Waals surface area contributed by atoms with Crippen LogP contribution in [0, 0.1) is 0 Å². The fraction of sp³-hybridized carbons (Fsp3) is 0.462. The number of carbonyl (C=O) groups excluding carboxylic acids is 2. The number of amides is 2. The monoisotopic (exact) mass is 261 g/mol. The molecule has 0 aromatic carbocycles. The molecule has 1 aromatic rings. The topological polar surface area (TPSA) is 66.0 Å². The van der Waals surface area contributed by atoms with E-state index in [1.54, 1.807) is 34.3 Å². The molecular weight excluding hydrogens is 246 g/mol. The van der Waals surface area contributed by atoms with Crippen LogP contribution in [0.3, 0.4) is 0 Å². The summed E-state index contributed by atoms with van der Waals surface area (Å²) >= 11 is 0. The molecule has 2 amide bonds. The van der Waals surface area contributed by atoms with Crippen LogP contribution in [0.5, 0.6) is 0 Å². The van der Waals surface area contributed by atoms with Crippen molar-refractivity contribution in [2.75, 3.05) is 32.8 Å². The summed E-state index contributed by atoms with van der Waals surface area (Å²) in [6, 6.07) is 3.33. The number of epoxide rings is 1. The van der Waals surface area contributed by atoms with Crippen LogP contribution in [-0.2, 0) is 9.53 Å². The molecule has 1 atom stereocenters. The predicted octanol–water partition coefficient (Wildman–Crippen LogP) is -0.235. The van der Waals surface area contributed by atoms with E-state index in [1.165, 1.54) is 0 Å². The normalized spacial score (nSPS) is 22.5. The average molecular weight is 261 g/mol. The van der Waals surface area contributed by atoms with Gasteiger partial charge in [-0.05, 0) is 12.1 Å². The molecule has 0 aliphatic carbocycles. The summed E-state index contributed by atoms with van der Waals surface area (Å²) in [5, 5.41) is 0. The first-order valence-electron chi connectivity index (χ1n) is 6.33. The van der Waals surface area contributed by atoms with E-state index in [1.807, 2.05) is 0 Å². The van der Waals surface area contributed by atoms with Gasteiger partial charge in [-0.1, -0.05) is 0 Å². The Morgan fingerprint density at radius 1 is 1.37 bits per heavy atom. The number of rotatable bonds is 3. The molecule has 1 aromatic heterocycles. The molecule has 19 heavy (non-hydrogen) atoms. The number of ether oxygens (including phenoxy) is 1. The molecule has 0 saturated carbocycles. The highest BCUT2D eigenvalue weighted by Crippen LogP contribution is 2.14. The molecule has 2 saturated heterocycles. The molecule has 0 radical (unpaired) electrons. The summed E-state index contributed by atoms with van der Waals surface area (Å²) in [6.07, 6.45) is 3.36. The molecule has 3 heterocycles. The van der Waals surface area contributed by atoms with Gasteiger partial charge in [0.2, 0.25) is 5.91 Å². The molecule has 3 rings (SSSR count). The number of piperazine rings is 1. The maximum absolute atomic E-state index is 12.2. The molecule has 0 N–H and O–H groups in total. The first kappa shape index (κ1) is 12.1. The summed E-state index contributed by atoms with van der Waals surface area (Å²) < 4.78 is 5.12. The van der Waals surface area contributed by atoms with Gasteiger partial charge in [0, 0.05) is 37.6 Å². The predicted molar refractivity (Wildman–Crippen MR) is 66.5 cm³/mol. The van der Waals surface area contributed by atoms with Crippen molar-refractivity contribution >= 4 is 11.8 Å². The lowest BCUT2D eigenvalue weighted by Crippen LogP contribution is -2.53. The van der Waals surface area contributed by atoms with Crippen LogP contribution in [0.25, 0.3) is 0 Å². The zero-order chi connectivity index (χ0) is 13.2. The van der Waals surface area contributed by atoms with Crippen LogP contribution in [0.1, 0.15) is 10.4 Å². The van der Waals surface area contributed by atoms with Gasteiger partial charge in [0.1, 0.15) is 6.54 Å². The third kappa shape index (κ3) is 2.73. The number of hydrogen-bond donors (Lipinski definition) is 0. The van der Waals surface area contributed by atoms with Gasteiger partial charge >= 0.3 is 0 Å². The summed E-state index contributed by atoms with van der Waals surface area (Å²) in [7, 11) is 0. The third-order valence-corrected chi connectivity index (χ3v) is 3.36. The van der Waals surface area contributed by atoms with Gasteiger partial charge in [-0.2, -0.15) is 0 Å². The van der Waals surface area contributed by atoms with Crippen LogP contribution < -0.4 is 0 Å².